The number of halogens is 3. The minimum Gasteiger partial charge on any atom is -0.505 e. The number of aromatic hydroxyl groups is 2. The molecule has 0 aliphatic rings. The van der Waals surface area contributed by atoms with Crippen LogP contribution in [-0.2, 0) is 6.18 Å². The fourth-order valence-corrected chi connectivity index (χ4v) is 3.04. The van der Waals surface area contributed by atoms with Gasteiger partial charge in [-0.2, -0.15) is 13.2 Å². The van der Waals surface area contributed by atoms with E-state index in [0.29, 0.717) is 17.4 Å². The van der Waals surface area contributed by atoms with Crippen LogP contribution in [0.4, 0.5) is 18.9 Å². The first-order chi connectivity index (χ1) is 15.7. The van der Waals surface area contributed by atoms with Crippen LogP contribution < -0.4 is 10.1 Å². The number of pyridine rings is 1. The van der Waals surface area contributed by atoms with Crippen molar-refractivity contribution < 1.29 is 32.9 Å². The summed E-state index contributed by atoms with van der Waals surface area (Å²) in [5, 5.41) is 23.1. The van der Waals surface area contributed by atoms with Crippen molar-refractivity contribution >= 4 is 11.6 Å². The number of carbonyl (C=O) groups excluding carboxylic acids is 1. The van der Waals surface area contributed by atoms with Crippen molar-refractivity contribution in [2.24, 2.45) is 0 Å². The summed E-state index contributed by atoms with van der Waals surface area (Å²) in [7, 11) is 0. The van der Waals surface area contributed by atoms with Crippen LogP contribution in [0.25, 0.3) is 11.3 Å². The Balaban J connectivity index is 1.45. The van der Waals surface area contributed by atoms with Gasteiger partial charge in [0.25, 0.3) is 5.91 Å². The van der Waals surface area contributed by atoms with Gasteiger partial charge in [-0.15, -0.1) is 0 Å². The molecule has 33 heavy (non-hydrogen) atoms. The van der Waals surface area contributed by atoms with Crippen LogP contribution in [0.15, 0.2) is 72.9 Å². The Morgan fingerprint density at radius 3 is 2.27 bits per heavy atom. The largest absolute Gasteiger partial charge is 0.505 e. The first-order valence-corrected chi connectivity index (χ1v) is 9.54. The SMILES string of the molecule is O=C(Nc1ccc(Oc2ccc(C(F)(F)F)cn2)cc1)c1c(O)[nH]c(-c2ccccc2)c1O. The lowest BCUT2D eigenvalue weighted by atomic mass is 10.1. The van der Waals surface area contributed by atoms with E-state index >= 15 is 0 Å². The Hall–Kier alpha value is -4.47. The monoisotopic (exact) mass is 455 g/mol. The van der Waals surface area contributed by atoms with Gasteiger partial charge in [0.1, 0.15) is 11.3 Å². The van der Waals surface area contributed by atoms with Crippen LogP contribution in [0.3, 0.4) is 0 Å². The Kier molecular flexibility index (Phi) is 5.65. The van der Waals surface area contributed by atoms with Gasteiger partial charge in [0.15, 0.2) is 5.75 Å². The van der Waals surface area contributed by atoms with Gasteiger partial charge >= 0.3 is 6.18 Å². The van der Waals surface area contributed by atoms with Crippen LogP contribution in [-0.4, -0.2) is 26.1 Å². The zero-order valence-electron chi connectivity index (χ0n) is 16.7. The number of anilines is 1. The van der Waals surface area contributed by atoms with E-state index in [9.17, 15) is 28.2 Å². The van der Waals surface area contributed by atoms with Gasteiger partial charge in [-0.05, 0) is 30.3 Å². The number of ether oxygens (including phenoxy) is 1. The number of aromatic amines is 1. The van der Waals surface area contributed by atoms with Gasteiger partial charge in [-0.1, -0.05) is 30.3 Å². The van der Waals surface area contributed by atoms with Gasteiger partial charge in [-0.25, -0.2) is 4.98 Å². The molecule has 0 unspecified atom stereocenters. The number of rotatable bonds is 5. The zero-order valence-corrected chi connectivity index (χ0v) is 16.7. The molecule has 4 aromatic rings. The number of carbonyl (C=O) groups is 1. The molecule has 2 aromatic carbocycles. The Labute approximate surface area is 185 Å². The molecule has 4 N–H and O–H groups in total. The summed E-state index contributed by atoms with van der Waals surface area (Å²) >= 11 is 0. The second-order valence-corrected chi connectivity index (χ2v) is 6.90. The number of aromatic nitrogens is 2. The second kappa shape index (κ2) is 8.58. The van der Waals surface area contributed by atoms with E-state index in [1.54, 1.807) is 30.3 Å². The van der Waals surface area contributed by atoms with Crippen molar-refractivity contribution in [3.8, 4) is 34.5 Å². The number of hydrogen-bond acceptors (Lipinski definition) is 5. The number of nitrogens with zero attached hydrogens (tertiary/aromatic N) is 1. The molecule has 4 rings (SSSR count). The highest BCUT2D eigenvalue weighted by molar-refractivity contribution is 6.09. The Morgan fingerprint density at radius 2 is 1.67 bits per heavy atom. The molecule has 0 bridgehead atoms. The third-order valence-corrected chi connectivity index (χ3v) is 4.64. The molecule has 1 amide bonds. The van der Waals surface area contributed by atoms with Gasteiger partial charge in [0.05, 0.1) is 11.3 Å². The molecule has 0 aliphatic heterocycles. The average molecular weight is 455 g/mol. The van der Waals surface area contributed by atoms with E-state index < -0.39 is 29.3 Å². The number of H-pyrrole nitrogens is 1. The molecule has 0 atom stereocenters. The maximum atomic E-state index is 12.6. The van der Waals surface area contributed by atoms with Crippen LogP contribution >= 0.6 is 0 Å². The fourth-order valence-electron chi connectivity index (χ4n) is 3.04. The van der Waals surface area contributed by atoms with Gasteiger partial charge < -0.3 is 25.3 Å². The van der Waals surface area contributed by atoms with E-state index in [2.05, 4.69) is 15.3 Å². The van der Waals surface area contributed by atoms with Crippen LogP contribution in [0, 0.1) is 0 Å². The molecule has 10 heteroatoms. The maximum absolute atomic E-state index is 12.6. The summed E-state index contributed by atoms with van der Waals surface area (Å²) in [4.78, 5) is 18.8. The van der Waals surface area contributed by atoms with Crippen LogP contribution in [0.5, 0.6) is 23.3 Å². The molecule has 2 heterocycles. The number of nitrogens with one attached hydrogen (secondary N) is 2. The number of amides is 1. The first kappa shape index (κ1) is 21.8. The normalized spacial score (nSPS) is 11.2. The minimum absolute atomic E-state index is 0.0320. The van der Waals surface area contributed by atoms with Gasteiger partial charge in [-0.3, -0.25) is 4.79 Å². The lowest BCUT2D eigenvalue weighted by molar-refractivity contribution is -0.137. The maximum Gasteiger partial charge on any atom is 0.417 e. The zero-order chi connectivity index (χ0) is 23.6. The summed E-state index contributed by atoms with van der Waals surface area (Å²) in [5.41, 5.74) is -0.0921. The second-order valence-electron chi connectivity index (χ2n) is 6.90. The van der Waals surface area contributed by atoms with Crippen molar-refractivity contribution in [2.75, 3.05) is 5.32 Å². The van der Waals surface area contributed by atoms with Crippen molar-refractivity contribution in [3.05, 3.63) is 84.1 Å². The van der Waals surface area contributed by atoms with E-state index in [0.717, 1.165) is 12.1 Å². The van der Waals surface area contributed by atoms with E-state index in [1.165, 1.54) is 24.3 Å². The van der Waals surface area contributed by atoms with Crippen LogP contribution in [0.2, 0.25) is 0 Å². The summed E-state index contributed by atoms with van der Waals surface area (Å²) in [6.07, 6.45) is -3.82. The topological polar surface area (TPSA) is 107 Å². The molecule has 0 saturated carbocycles. The summed E-state index contributed by atoms with van der Waals surface area (Å²) in [5.74, 6) is -1.39. The molecule has 0 spiro atoms. The standard InChI is InChI=1S/C23H16F3N3O4/c24-23(25,26)14-6-11-17(27-12-14)33-16-9-7-15(8-10-16)28-21(31)18-20(30)19(29-22(18)32)13-4-2-1-3-5-13/h1-12,29-30,32H,(H,28,31). The third kappa shape index (κ3) is 4.74. The third-order valence-electron chi connectivity index (χ3n) is 4.64. The smallest absolute Gasteiger partial charge is 0.417 e. The average Bonchev–Trinajstić information content (AvgIpc) is 3.09. The number of hydrogen-bond donors (Lipinski definition) is 4. The van der Waals surface area contributed by atoms with Crippen molar-refractivity contribution in [2.45, 2.75) is 6.18 Å². The van der Waals surface area contributed by atoms with E-state index in [1.807, 2.05) is 0 Å². The van der Waals surface area contributed by atoms with E-state index in [4.69, 9.17) is 4.74 Å². The molecule has 7 nitrogen and oxygen atoms in total. The lowest BCUT2D eigenvalue weighted by Gasteiger charge is -2.09. The first-order valence-electron chi connectivity index (χ1n) is 9.54. The quantitative estimate of drug-likeness (QED) is 0.316. The van der Waals surface area contributed by atoms with Crippen molar-refractivity contribution in [1.82, 2.24) is 9.97 Å². The highest BCUT2D eigenvalue weighted by atomic mass is 19.4. The highest BCUT2D eigenvalue weighted by Crippen LogP contribution is 2.38. The molecular formula is C23H16F3N3O4. The predicted octanol–water partition coefficient (Wildman–Crippen LogP) is 5.55. The van der Waals surface area contributed by atoms with Gasteiger partial charge in [0, 0.05) is 23.5 Å². The van der Waals surface area contributed by atoms with Crippen molar-refractivity contribution in [3.63, 3.8) is 0 Å². The summed E-state index contributed by atoms with van der Waals surface area (Å²) < 4.78 is 43.2. The fraction of sp³-hybridized carbons (Fsp3) is 0.0435. The minimum atomic E-state index is -4.49. The molecule has 168 valence electrons. The number of alkyl halides is 3. The van der Waals surface area contributed by atoms with E-state index in [-0.39, 0.29) is 22.9 Å². The molecule has 0 aliphatic carbocycles. The Bertz CT molecular complexity index is 1270. The Morgan fingerprint density at radius 1 is 0.970 bits per heavy atom. The molecule has 0 fully saturated rings. The molecule has 0 saturated heterocycles. The van der Waals surface area contributed by atoms with Crippen LogP contribution in [0.1, 0.15) is 15.9 Å². The molecular weight excluding hydrogens is 439 g/mol. The molecule has 0 radical (unpaired) electrons. The number of benzene rings is 2. The van der Waals surface area contributed by atoms with Crippen molar-refractivity contribution in [1.29, 1.82) is 0 Å². The highest BCUT2D eigenvalue weighted by Gasteiger charge is 2.30. The predicted molar refractivity (Wildman–Crippen MR) is 113 cm³/mol. The van der Waals surface area contributed by atoms with Gasteiger partial charge in [0.2, 0.25) is 11.8 Å². The summed E-state index contributed by atoms with van der Waals surface area (Å²) in [6, 6.07) is 16.6. The summed E-state index contributed by atoms with van der Waals surface area (Å²) in [6.45, 7) is 0. The lowest BCUT2D eigenvalue weighted by Crippen LogP contribution is -2.11. The molecule has 2 aromatic heterocycles.